The maximum atomic E-state index is 12.8. The first-order chi connectivity index (χ1) is 13.9. The molecule has 148 valence electrons. The predicted molar refractivity (Wildman–Crippen MR) is 104 cm³/mol. The molecule has 0 amide bonds. The molecule has 0 aliphatic carbocycles. The Morgan fingerprint density at radius 2 is 1.79 bits per heavy atom. The van der Waals surface area contributed by atoms with Gasteiger partial charge in [0, 0.05) is 11.3 Å². The average molecular weight is 416 g/mol. The van der Waals surface area contributed by atoms with E-state index in [0.717, 1.165) is 23.4 Å². The Bertz CT molecular complexity index is 1120. The van der Waals surface area contributed by atoms with E-state index in [4.69, 9.17) is 5.84 Å². The number of thioether (sulfide) groups is 1. The molecule has 0 unspecified atom stereocenters. The number of aromatic amines is 1. The van der Waals surface area contributed by atoms with Gasteiger partial charge in [-0.2, -0.15) is 18.3 Å². The van der Waals surface area contributed by atoms with Gasteiger partial charge in [0.05, 0.1) is 11.3 Å². The number of alkyl halides is 3. The summed E-state index contributed by atoms with van der Waals surface area (Å²) < 4.78 is 39.8. The minimum absolute atomic E-state index is 0.275. The first kappa shape index (κ1) is 19.1. The Hall–Kier alpha value is -3.27. The van der Waals surface area contributed by atoms with E-state index in [2.05, 4.69) is 20.4 Å². The van der Waals surface area contributed by atoms with Gasteiger partial charge in [-0.25, -0.2) is 4.68 Å². The van der Waals surface area contributed by atoms with Crippen molar-refractivity contribution < 1.29 is 13.2 Å². The lowest BCUT2D eigenvalue weighted by atomic mass is 10.1. The van der Waals surface area contributed by atoms with Crippen LogP contribution in [0, 0.1) is 0 Å². The second-order valence-corrected chi connectivity index (χ2v) is 7.14. The van der Waals surface area contributed by atoms with Crippen molar-refractivity contribution in [1.29, 1.82) is 0 Å². The number of rotatable bonds is 5. The maximum Gasteiger partial charge on any atom is 0.416 e. The van der Waals surface area contributed by atoms with Crippen LogP contribution in [-0.4, -0.2) is 25.1 Å². The zero-order valence-corrected chi connectivity index (χ0v) is 15.7. The Morgan fingerprint density at radius 3 is 2.55 bits per heavy atom. The highest BCUT2D eigenvalue weighted by atomic mass is 32.2. The summed E-state index contributed by atoms with van der Waals surface area (Å²) in [6.07, 6.45) is -4.38. The molecule has 4 rings (SSSR count). The van der Waals surface area contributed by atoms with E-state index in [1.165, 1.54) is 22.5 Å². The third-order valence-electron chi connectivity index (χ3n) is 4.18. The topological polar surface area (TPSA) is 85.4 Å². The zero-order valence-electron chi connectivity index (χ0n) is 14.9. The van der Waals surface area contributed by atoms with E-state index in [0.29, 0.717) is 22.2 Å². The highest BCUT2D eigenvalue weighted by Gasteiger charge is 2.30. The van der Waals surface area contributed by atoms with Gasteiger partial charge in [0.15, 0.2) is 0 Å². The van der Waals surface area contributed by atoms with Crippen LogP contribution >= 0.6 is 11.8 Å². The summed E-state index contributed by atoms with van der Waals surface area (Å²) in [7, 11) is 0. The van der Waals surface area contributed by atoms with Crippen LogP contribution in [0.25, 0.3) is 22.8 Å². The van der Waals surface area contributed by atoms with Gasteiger partial charge in [0.1, 0.15) is 5.69 Å². The molecule has 0 radical (unpaired) electrons. The summed E-state index contributed by atoms with van der Waals surface area (Å²) in [5.41, 5.74) is 2.10. The monoisotopic (exact) mass is 416 g/mol. The second kappa shape index (κ2) is 7.63. The van der Waals surface area contributed by atoms with Gasteiger partial charge < -0.3 is 5.84 Å². The van der Waals surface area contributed by atoms with E-state index >= 15 is 0 Å². The minimum atomic E-state index is -4.38. The van der Waals surface area contributed by atoms with Crippen LogP contribution in [0.2, 0.25) is 0 Å². The Kier molecular flexibility index (Phi) is 5.01. The first-order valence-corrected chi connectivity index (χ1v) is 9.51. The molecule has 0 aliphatic heterocycles. The highest BCUT2D eigenvalue weighted by Crippen LogP contribution is 2.31. The van der Waals surface area contributed by atoms with Crippen molar-refractivity contribution in [3.8, 4) is 22.8 Å². The number of H-pyrrole nitrogens is 1. The molecule has 0 saturated carbocycles. The van der Waals surface area contributed by atoms with Crippen LogP contribution in [0.15, 0.2) is 65.8 Å². The largest absolute Gasteiger partial charge is 0.416 e. The van der Waals surface area contributed by atoms with Crippen molar-refractivity contribution in [2.45, 2.75) is 17.1 Å². The van der Waals surface area contributed by atoms with E-state index in [1.54, 1.807) is 6.07 Å². The van der Waals surface area contributed by atoms with Gasteiger partial charge in [0.2, 0.25) is 11.0 Å². The zero-order chi connectivity index (χ0) is 20.4. The van der Waals surface area contributed by atoms with Crippen molar-refractivity contribution in [3.05, 3.63) is 71.8 Å². The fraction of sp³-hybridized carbons (Fsp3) is 0.105. The number of aromatic nitrogens is 5. The summed E-state index contributed by atoms with van der Waals surface area (Å²) in [6.45, 7) is 0. The molecule has 0 spiro atoms. The molecule has 4 aromatic rings. The number of nitrogen functional groups attached to an aromatic ring is 1. The molecule has 10 heteroatoms. The molecule has 0 fully saturated rings. The highest BCUT2D eigenvalue weighted by molar-refractivity contribution is 7.98. The lowest BCUT2D eigenvalue weighted by Crippen LogP contribution is -2.11. The number of hydrogen-bond donors (Lipinski definition) is 2. The molecular formula is C19H15F3N6S. The number of nitrogens with two attached hydrogens (primary N) is 1. The standard InChI is InChI=1S/C19H15F3N6S/c20-19(21,22)14-8-4-5-12(9-14)11-29-18-27-26-17(28(18)23)16-10-15(24-25-16)13-6-2-1-3-7-13/h1-10H,11,23H2,(H,24,25). The smallest absolute Gasteiger partial charge is 0.335 e. The third kappa shape index (κ3) is 4.11. The maximum absolute atomic E-state index is 12.8. The fourth-order valence-corrected chi connectivity index (χ4v) is 3.54. The van der Waals surface area contributed by atoms with Crippen LogP contribution < -0.4 is 5.84 Å². The van der Waals surface area contributed by atoms with Gasteiger partial charge in [-0.15, -0.1) is 10.2 Å². The molecule has 2 heterocycles. The van der Waals surface area contributed by atoms with E-state index < -0.39 is 11.7 Å². The number of benzene rings is 2. The van der Waals surface area contributed by atoms with Crippen molar-refractivity contribution in [3.63, 3.8) is 0 Å². The molecule has 29 heavy (non-hydrogen) atoms. The SMILES string of the molecule is Nn1c(SCc2cccc(C(F)(F)F)c2)nnc1-c1cc(-c2ccccc2)n[nH]1. The molecule has 0 saturated heterocycles. The van der Waals surface area contributed by atoms with Crippen LogP contribution in [0.3, 0.4) is 0 Å². The van der Waals surface area contributed by atoms with Gasteiger partial charge >= 0.3 is 6.18 Å². The molecular weight excluding hydrogens is 401 g/mol. The Labute approximate surface area is 167 Å². The van der Waals surface area contributed by atoms with Crippen LogP contribution in [0.4, 0.5) is 13.2 Å². The number of halogens is 3. The third-order valence-corrected chi connectivity index (χ3v) is 5.19. The molecule has 0 bridgehead atoms. The van der Waals surface area contributed by atoms with Crippen LogP contribution in [0.5, 0.6) is 0 Å². The van der Waals surface area contributed by atoms with Crippen molar-refractivity contribution in [1.82, 2.24) is 25.1 Å². The molecule has 0 aliphatic rings. The Balaban J connectivity index is 1.51. The molecule has 6 nitrogen and oxygen atoms in total. The minimum Gasteiger partial charge on any atom is -0.335 e. The number of nitrogens with zero attached hydrogens (tertiary/aromatic N) is 4. The number of nitrogens with one attached hydrogen (secondary N) is 1. The van der Waals surface area contributed by atoms with Gasteiger partial charge in [-0.3, -0.25) is 5.10 Å². The average Bonchev–Trinajstić information content (AvgIpc) is 3.33. The number of hydrogen-bond acceptors (Lipinski definition) is 5. The normalized spacial score (nSPS) is 11.7. The van der Waals surface area contributed by atoms with E-state index in [-0.39, 0.29) is 5.75 Å². The second-order valence-electron chi connectivity index (χ2n) is 6.20. The molecule has 2 aromatic heterocycles. The quantitative estimate of drug-likeness (QED) is 0.373. The Morgan fingerprint density at radius 1 is 1.00 bits per heavy atom. The van der Waals surface area contributed by atoms with Crippen molar-refractivity contribution in [2.24, 2.45) is 0 Å². The van der Waals surface area contributed by atoms with E-state index in [9.17, 15) is 13.2 Å². The lowest BCUT2D eigenvalue weighted by Gasteiger charge is -2.08. The molecule has 3 N–H and O–H groups in total. The van der Waals surface area contributed by atoms with Crippen LogP contribution in [-0.2, 0) is 11.9 Å². The van der Waals surface area contributed by atoms with Gasteiger partial charge in [0.25, 0.3) is 0 Å². The van der Waals surface area contributed by atoms with Crippen molar-refractivity contribution >= 4 is 11.8 Å². The lowest BCUT2D eigenvalue weighted by molar-refractivity contribution is -0.137. The summed E-state index contributed by atoms with van der Waals surface area (Å²) in [5.74, 6) is 6.75. The summed E-state index contributed by atoms with van der Waals surface area (Å²) >= 11 is 1.20. The van der Waals surface area contributed by atoms with Gasteiger partial charge in [-0.1, -0.05) is 60.3 Å². The summed E-state index contributed by atoms with van der Waals surface area (Å²) in [6, 6.07) is 16.6. The summed E-state index contributed by atoms with van der Waals surface area (Å²) in [4.78, 5) is 0. The summed E-state index contributed by atoms with van der Waals surface area (Å²) in [5, 5.41) is 15.7. The molecule has 0 atom stereocenters. The fourth-order valence-electron chi connectivity index (χ4n) is 2.74. The molecule has 2 aromatic carbocycles. The predicted octanol–water partition coefficient (Wildman–Crippen LogP) is 4.36. The van der Waals surface area contributed by atoms with Gasteiger partial charge in [-0.05, 0) is 17.7 Å². The van der Waals surface area contributed by atoms with Crippen LogP contribution in [0.1, 0.15) is 11.1 Å². The first-order valence-electron chi connectivity index (χ1n) is 8.52. The van der Waals surface area contributed by atoms with E-state index in [1.807, 2.05) is 36.4 Å². The van der Waals surface area contributed by atoms with Crippen molar-refractivity contribution in [2.75, 3.05) is 5.84 Å².